The number of nitrogens with two attached hydrogens (primary N) is 1. The Bertz CT molecular complexity index is 492. The largest absolute Gasteiger partial charge is 0.366 e. The van der Waals surface area contributed by atoms with E-state index in [0.717, 1.165) is 15.9 Å². The number of nitrogens with one attached hydrogen (secondary N) is 1. The lowest BCUT2D eigenvalue weighted by molar-refractivity contribution is 0.0998. The first-order valence-corrected chi connectivity index (χ1v) is 5.26. The van der Waals surface area contributed by atoms with Crippen molar-refractivity contribution >= 4 is 28.7 Å². The summed E-state index contributed by atoms with van der Waals surface area (Å²) in [5, 5.41) is 0. The number of benzene rings is 1. The van der Waals surface area contributed by atoms with E-state index < -0.39 is 5.91 Å². The average molecular weight is 207 g/mol. The molecule has 1 aromatic carbocycles. The van der Waals surface area contributed by atoms with E-state index in [2.05, 4.69) is 9.97 Å². The van der Waals surface area contributed by atoms with Gasteiger partial charge in [0.1, 0.15) is 5.52 Å². The number of aromatic nitrogens is 2. The van der Waals surface area contributed by atoms with E-state index in [1.54, 1.807) is 12.4 Å². The molecular weight excluding hydrogens is 198 g/mol. The molecule has 0 unspecified atom stereocenters. The van der Waals surface area contributed by atoms with E-state index in [1.807, 2.05) is 12.3 Å². The number of imidazole rings is 1. The van der Waals surface area contributed by atoms with Crippen LogP contribution in [0, 0.1) is 0 Å². The lowest BCUT2D eigenvalue weighted by Crippen LogP contribution is -2.12. The summed E-state index contributed by atoms with van der Waals surface area (Å²) >= 11 is 1.47. The molecule has 0 atom stereocenters. The number of hydrogen-bond acceptors (Lipinski definition) is 3. The van der Waals surface area contributed by atoms with Gasteiger partial charge in [-0.3, -0.25) is 4.79 Å². The molecule has 0 saturated heterocycles. The second kappa shape index (κ2) is 3.34. The molecule has 0 spiro atoms. The van der Waals surface area contributed by atoms with Crippen LogP contribution in [0.1, 0.15) is 10.4 Å². The molecule has 0 fully saturated rings. The number of rotatable bonds is 2. The topological polar surface area (TPSA) is 71.8 Å². The normalized spacial score (nSPS) is 10.6. The molecule has 72 valence electrons. The van der Waals surface area contributed by atoms with Gasteiger partial charge in [0.25, 0.3) is 0 Å². The summed E-state index contributed by atoms with van der Waals surface area (Å²) in [6.07, 6.45) is 3.51. The van der Waals surface area contributed by atoms with E-state index in [-0.39, 0.29) is 0 Å². The zero-order chi connectivity index (χ0) is 10.1. The van der Waals surface area contributed by atoms with Crippen molar-refractivity contribution in [3.05, 3.63) is 24.0 Å². The summed E-state index contributed by atoms with van der Waals surface area (Å²) in [5.74, 6) is -0.417. The highest BCUT2D eigenvalue weighted by Crippen LogP contribution is 2.27. The molecule has 0 radical (unpaired) electrons. The van der Waals surface area contributed by atoms with Crippen molar-refractivity contribution in [2.24, 2.45) is 5.73 Å². The van der Waals surface area contributed by atoms with Gasteiger partial charge < -0.3 is 10.7 Å². The summed E-state index contributed by atoms with van der Waals surface area (Å²) in [7, 11) is 0. The zero-order valence-corrected chi connectivity index (χ0v) is 8.39. The number of nitrogens with zero attached hydrogens (tertiary/aromatic N) is 1. The third-order valence-electron chi connectivity index (χ3n) is 2.01. The van der Waals surface area contributed by atoms with Gasteiger partial charge in [0.15, 0.2) is 0 Å². The van der Waals surface area contributed by atoms with Crippen molar-refractivity contribution in [2.45, 2.75) is 4.90 Å². The monoisotopic (exact) mass is 207 g/mol. The predicted octanol–water partition coefficient (Wildman–Crippen LogP) is 1.38. The first-order valence-electron chi connectivity index (χ1n) is 4.04. The minimum atomic E-state index is -0.417. The lowest BCUT2D eigenvalue weighted by Gasteiger charge is -2.03. The van der Waals surface area contributed by atoms with Crippen molar-refractivity contribution in [2.75, 3.05) is 6.26 Å². The highest BCUT2D eigenvalue weighted by atomic mass is 32.2. The number of primary amides is 1. The average Bonchev–Trinajstić information content (AvgIpc) is 2.63. The van der Waals surface area contributed by atoms with Gasteiger partial charge in [-0.2, -0.15) is 0 Å². The number of carbonyl (C=O) groups is 1. The highest BCUT2D eigenvalue weighted by molar-refractivity contribution is 7.98. The molecule has 1 aromatic heterocycles. The summed E-state index contributed by atoms with van der Waals surface area (Å²) in [6.45, 7) is 0. The molecule has 14 heavy (non-hydrogen) atoms. The number of thioether (sulfide) groups is 1. The molecule has 1 amide bonds. The second-order valence-electron chi connectivity index (χ2n) is 2.81. The van der Waals surface area contributed by atoms with Gasteiger partial charge in [-0.05, 0) is 18.4 Å². The predicted molar refractivity (Wildman–Crippen MR) is 56.4 cm³/mol. The first-order chi connectivity index (χ1) is 6.74. The van der Waals surface area contributed by atoms with Gasteiger partial charge >= 0.3 is 0 Å². The number of carbonyl (C=O) groups excluding carboxylic acids is 1. The van der Waals surface area contributed by atoms with E-state index in [1.165, 1.54) is 11.8 Å². The Morgan fingerprint density at radius 3 is 3.00 bits per heavy atom. The molecule has 1 heterocycles. The highest BCUT2D eigenvalue weighted by Gasteiger charge is 2.12. The summed E-state index contributed by atoms with van der Waals surface area (Å²) in [6, 6.07) is 3.52. The molecule has 3 N–H and O–H groups in total. The number of fused-ring (bicyclic) bond motifs is 1. The van der Waals surface area contributed by atoms with Crippen LogP contribution in [0.15, 0.2) is 23.4 Å². The van der Waals surface area contributed by atoms with Crippen LogP contribution in [0.25, 0.3) is 11.0 Å². The Hall–Kier alpha value is -1.49. The standard InChI is InChI=1S/C9H9N3OS/c1-14-8-5(9(10)13)2-3-6-7(8)12-4-11-6/h2-4H,1H3,(H2,10,13)(H,11,12). The Kier molecular flexibility index (Phi) is 2.17. The van der Waals surface area contributed by atoms with Gasteiger partial charge in [0.05, 0.1) is 17.4 Å². The van der Waals surface area contributed by atoms with Crippen LogP contribution in [-0.2, 0) is 0 Å². The van der Waals surface area contributed by atoms with Crippen molar-refractivity contribution in [1.29, 1.82) is 0 Å². The number of amides is 1. The number of H-pyrrole nitrogens is 1. The molecule has 0 aliphatic carbocycles. The van der Waals surface area contributed by atoms with Crippen LogP contribution in [0.4, 0.5) is 0 Å². The molecule has 2 rings (SSSR count). The maximum Gasteiger partial charge on any atom is 0.249 e. The minimum Gasteiger partial charge on any atom is -0.366 e. The quantitative estimate of drug-likeness (QED) is 0.731. The van der Waals surface area contributed by atoms with Gasteiger partial charge in [-0.1, -0.05) is 0 Å². The van der Waals surface area contributed by atoms with E-state index in [4.69, 9.17) is 5.73 Å². The number of hydrogen-bond donors (Lipinski definition) is 2. The van der Waals surface area contributed by atoms with Crippen molar-refractivity contribution in [3.8, 4) is 0 Å². The van der Waals surface area contributed by atoms with Crippen LogP contribution in [0.2, 0.25) is 0 Å². The molecule has 0 bridgehead atoms. The fraction of sp³-hybridized carbons (Fsp3) is 0.111. The smallest absolute Gasteiger partial charge is 0.249 e. The summed E-state index contributed by atoms with van der Waals surface area (Å²) in [5.41, 5.74) is 7.50. The van der Waals surface area contributed by atoms with Crippen LogP contribution in [0.3, 0.4) is 0 Å². The van der Waals surface area contributed by atoms with Crippen molar-refractivity contribution in [3.63, 3.8) is 0 Å². The fourth-order valence-corrected chi connectivity index (χ4v) is 2.13. The van der Waals surface area contributed by atoms with Gasteiger partial charge in [-0.15, -0.1) is 11.8 Å². The maximum atomic E-state index is 11.1. The SMILES string of the molecule is CSc1c(C(N)=O)ccc2[nH]cnc12. The minimum absolute atomic E-state index is 0.417. The Balaban J connectivity index is 2.78. The fourth-order valence-electron chi connectivity index (χ4n) is 1.38. The molecule has 0 aliphatic rings. The number of aromatic amines is 1. The van der Waals surface area contributed by atoms with Crippen LogP contribution in [0.5, 0.6) is 0 Å². The third-order valence-corrected chi connectivity index (χ3v) is 2.84. The van der Waals surface area contributed by atoms with E-state index in [9.17, 15) is 4.79 Å². The molecular formula is C9H9N3OS. The van der Waals surface area contributed by atoms with Crippen LogP contribution < -0.4 is 5.73 Å². The molecule has 5 heteroatoms. The van der Waals surface area contributed by atoms with Gasteiger partial charge in [-0.25, -0.2) is 4.98 Å². The summed E-state index contributed by atoms with van der Waals surface area (Å²) in [4.78, 5) is 19.1. The Morgan fingerprint density at radius 2 is 2.36 bits per heavy atom. The Labute approximate surface area is 84.9 Å². The lowest BCUT2D eigenvalue weighted by atomic mass is 10.2. The second-order valence-corrected chi connectivity index (χ2v) is 3.63. The Morgan fingerprint density at radius 1 is 1.57 bits per heavy atom. The van der Waals surface area contributed by atoms with Crippen molar-refractivity contribution < 1.29 is 4.79 Å². The first kappa shape index (κ1) is 9.08. The maximum absolute atomic E-state index is 11.1. The molecule has 4 nitrogen and oxygen atoms in total. The molecule has 0 saturated carbocycles. The molecule has 0 aliphatic heterocycles. The van der Waals surface area contributed by atoms with Crippen molar-refractivity contribution in [1.82, 2.24) is 9.97 Å². The van der Waals surface area contributed by atoms with Gasteiger partial charge in [0, 0.05) is 4.90 Å². The van der Waals surface area contributed by atoms with Crippen LogP contribution >= 0.6 is 11.8 Å². The molecule has 2 aromatic rings. The van der Waals surface area contributed by atoms with E-state index in [0.29, 0.717) is 5.56 Å². The van der Waals surface area contributed by atoms with Gasteiger partial charge in [0.2, 0.25) is 5.91 Å². The van der Waals surface area contributed by atoms with Crippen LogP contribution in [-0.4, -0.2) is 22.1 Å². The zero-order valence-electron chi connectivity index (χ0n) is 7.57. The van der Waals surface area contributed by atoms with E-state index >= 15 is 0 Å². The third kappa shape index (κ3) is 1.26. The summed E-state index contributed by atoms with van der Waals surface area (Å²) < 4.78 is 0.